The van der Waals surface area contributed by atoms with Crippen LogP contribution >= 0.6 is 12.2 Å². The Morgan fingerprint density at radius 2 is 2.23 bits per heavy atom. The Labute approximate surface area is 82.5 Å². The lowest BCUT2D eigenvalue weighted by atomic mass is 10.1. The van der Waals surface area contributed by atoms with Crippen molar-refractivity contribution < 1.29 is 9.53 Å². The summed E-state index contributed by atoms with van der Waals surface area (Å²) in [4.78, 5) is 10.6. The Balaban J connectivity index is 3.14. The molecule has 13 heavy (non-hydrogen) atoms. The highest BCUT2D eigenvalue weighted by atomic mass is 32.1. The number of carbonyl (C=O) groups excluding carboxylic acids is 1. The lowest BCUT2D eigenvalue weighted by Crippen LogP contribution is -2.03. The molecule has 0 aliphatic carbocycles. The Morgan fingerprint density at radius 1 is 1.54 bits per heavy atom. The first kappa shape index (κ1) is 9.86. The molecule has 0 saturated heterocycles. The first-order chi connectivity index (χ1) is 6.15. The summed E-state index contributed by atoms with van der Waals surface area (Å²) >= 11 is 4.81. The molecule has 0 heterocycles. The summed E-state index contributed by atoms with van der Waals surface area (Å²) in [5.74, 6) is 0.560. The zero-order chi connectivity index (χ0) is 9.84. The summed E-state index contributed by atoms with van der Waals surface area (Å²) in [7, 11) is 0. The number of benzene rings is 1. The smallest absolute Gasteiger partial charge is 0.164 e. The molecule has 0 spiro atoms. The molecule has 0 aromatic heterocycles. The Bertz CT molecular complexity index is 345. The van der Waals surface area contributed by atoms with Crippen molar-refractivity contribution >= 4 is 23.6 Å². The molecular formula is C10H10O2S. The standard InChI is InChI=1S/C10H10O2S/c1-7-4-3-5-9(6-11)10(7)12-8(2)13/h3-6H,1-2H3. The average molecular weight is 194 g/mol. The number of ether oxygens (including phenoxy) is 1. The number of hydrogen-bond acceptors (Lipinski definition) is 3. The molecule has 0 N–H and O–H groups in total. The second kappa shape index (κ2) is 4.14. The van der Waals surface area contributed by atoms with Crippen molar-refractivity contribution in [1.29, 1.82) is 0 Å². The van der Waals surface area contributed by atoms with Gasteiger partial charge in [-0.15, -0.1) is 0 Å². The van der Waals surface area contributed by atoms with Crippen LogP contribution in [0.4, 0.5) is 0 Å². The summed E-state index contributed by atoms with van der Waals surface area (Å²) in [6.07, 6.45) is 0.764. The van der Waals surface area contributed by atoms with E-state index in [4.69, 9.17) is 17.0 Å². The SMILES string of the molecule is CC(=S)Oc1c(C)cccc1C=O. The number of hydrogen-bond donors (Lipinski definition) is 0. The quantitative estimate of drug-likeness (QED) is 0.534. The molecule has 2 nitrogen and oxygen atoms in total. The third-order valence-electron chi connectivity index (χ3n) is 1.62. The zero-order valence-corrected chi connectivity index (χ0v) is 8.35. The van der Waals surface area contributed by atoms with Crippen LogP contribution in [-0.2, 0) is 0 Å². The fourth-order valence-corrected chi connectivity index (χ4v) is 1.13. The van der Waals surface area contributed by atoms with E-state index in [0.29, 0.717) is 16.4 Å². The largest absolute Gasteiger partial charge is 0.450 e. The fourth-order valence-electron chi connectivity index (χ4n) is 1.05. The van der Waals surface area contributed by atoms with E-state index in [9.17, 15) is 4.79 Å². The minimum Gasteiger partial charge on any atom is -0.450 e. The Hall–Kier alpha value is -1.22. The Morgan fingerprint density at radius 3 is 2.77 bits per heavy atom. The van der Waals surface area contributed by atoms with Crippen molar-refractivity contribution in [2.45, 2.75) is 13.8 Å². The highest BCUT2D eigenvalue weighted by Gasteiger charge is 2.06. The molecule has 0 atom stereocenters. The van der Waals surface area contributed by atoms with Crippen molar-refractivity contribution in [2.24, 2.45) is 0 Å². The summed E-state index contributed by atoms with van der Waals surface area (Å²) in [6, 6.07) is 5.39. The highest BCUT2D eigenvalue weighted by Crippen LogP contribution is 2.21. The maximum absolute atomic E-state index is 10.6. The molecule has 0 aliphatic rings. The number of carbonyl (C=O) groups is 1. The van der Waals surface area contributed by atoms with Crippen LogP contribution in [0.3, 0.4) is 0 Å². The average Bonchev–Trinajstić information content (AvgIpc) is 2.08. The van der Waals surface area contributed by atoms with Gasteiger partial charge < -0.3 is 4.74 Å². The molecule has 0 fully saturated rings. The highest BCUT2D eigenvalue weighted by molar-refractivity contribution is 7.80. The van der Waals surface area contributed by atoms with Gasteiger partial charge in [-0.2, -0.15) is 0 Å². The molecule has 1 rings (SSSR count). The van der Waals surface area contributed by atoms with Crippen LogP contribution in [0.25, 0.3) is 0 Å². The second-order valence-electron chi connectivity index (χ2n) is 2.70. The van der Waals surface area contributed by atoms with Gasteiger partial charge in [0.05, 0.1) is 5.56 Å². The van der Waals surface area contributed by atoms with Gasteiger partial charge in [-0.25, -0.2) is 0 Å². The summed E-state index contributed by atoms with van der Waals surface area (Å²) < 4.78 is 5.27. The predicted molar refractivity (Wildman–Crippen MR) is 55.5 cm³/mol. The normalized spacial score (nSPS) is 9.38. The molecule has 0 saturated carbocycles. The van der Waals surface area contributed by atoms with Crippen LogP contribution in [0.15, 0.2) is 18.2 Å². The van der Waals surface area contributed by atoms with E-state index in [2.05, 4.69) is 0 Å². The van der Waals surface area contributed by atoms with Gasteiger partial charge in [-0.05, 0) is 30.8 Å². The minimum absolute atomic E-state index is 0.414. The van der Waals surface area contributed by atoms with Crippen molar-refractivity contribution in [3.63, 3.8) is 0 Å². The van der Waals surface area contributed by atoms with Gasteiger partial charge in [0.15, 0.2) is 11.3 Å². The molecular weight excluding hydrogens is 184 g/mol. The van der Waals surface area contributed by atoms with E-state index in [1.165, 1.54) is 0 Å². The van der Waals surface area contributed by atoms with E-state index in [-0.39, 0.29) is 0 Å². The van der Waals surface area contributed by atoms with E-state index >= 15 is 0 Å². The molecule has 68 valence electrons. The van der Waals surface area contributed by atoms with Crippen molar-refractivity contribution in [2.75, 3.05) is 0 Å². The third kappa shape index (κ3) is 2.36. The first-order valence-corrected chi connectivity index (χ1v) is 4.29. The molecule has 1 aromatic carbocycles. The van der Waals surface area contributed by atoms with Gasteiger partial charge in [-0.3, -0.25) is 4.79 Å². The van der Waals surface area contributed by atoms with E-state index in [1.807, 2.05) is 19.1 Å². The van der Waals surface area contributed by atoms with E-state index < -0.39 is 0 Å². The second-order valence-corrected chi connectivity index (χ2v) is 3.28. The number of thiocarbonyl (C=S) groups is 1. The van der Waals surface area contributed by atoms with Gasteiger partial charge in [0, 0.05) is 6.92 Å². The fraction of sp³-hybridized carbons (Fsp3) is 0.200. The van der Waals surface area contributed by atoms with Crippen LogP contribution in [-0.4, -0.2) is 11.3 Å². The molecule has 1 aromatic rings. The summed E-state index contributed by atoms with van der Waals surface area (Å²) in [5, 5.41) is 0.414. The van der Waals surface area contributed by atoms with Crippen LogP contribution in [0.1, 0.15) is 22.8 Å². The molecule has 0 aliphatic heterocycles. The van der Waals surface area contributed by atoms with Crippen LogP contribution < -0.4 is 4.74 Å². The zero-order valence-electron chi connectivity index (χ0n) is 7.53. The van der Waals surface area contributed by atoms with Gasteiger partial charge in [0.25, 0.3) is 0 Å². The van der Waals surface area contributed by atoms with Crippen molar-refractivity contribution in [3.8, 4) is 5.75 Å². The number of aryl methyl sites for hydroxylation is 1. The number of para-hydroxylation sites is 1. The van der Waals surface area contributed by atoms with Crippen LogP contribution in [0.5, 0.6) is 5.75 Å². The molecule has 0 unspecified atom stereocenters. The topological polar surface area (TPSA) is 26.3 Å². The van der Waals surface area contributed by atoms with E-state index in [0.717, 1.165) is 11.8 Å². The summed E-state index contributed by atoms with van der Waals surface area (Å²) in [5.41, 5.74) is 1.44. The minimum atomic E-state index is 0.414. The predicted octanol–water partition coefficient (Wildman–Crippen LogP) is 2.53. The van der Waals surface area contributed by atoms with Gasteiger partial charge >= 0.3 is 0 Å². The lowest BCUT2D eigenvalue weighted by Gasteiger charge is -2.08. The van der Waals surface area contributed by atoms with Crippen LogP contribution in [0, 0.1) is 6.92 Å². The lowest BCUT2D eigenvalue weighted by molar-refractivity contribution is 0.112. The van der Waals surface area contributed by atoms with Gasteiger partial charge in [0.2, 0.25) is 0 Å². The van der Waals surface area contributed by atoms with Crippen molar-refractivity contribution in [3.05, 3.63) is 29.3 Å². The maximum Gasteiger partial charge on any atom is 0.164 e. The number of aldehydes is 1. The van der Waals surface area contributed by atoms with Gasteiger partial charge in [-0.1, -0.05) is 12.1 Å². The monoisotopic (exact) mass is 194 g/mol. The van der Waals surface area contributed by atoms with E-state index in [1.54, 1.807) is 13.0 Å². The number of rotatable bonds is 2. The molecule has 3 heteroatoms. The van der Waals surface area contributed by atoms with Crippen molar-refractivity contribution in [1.82, 2.24) is 0 Å². The van der Waals surface area contributed by atoms with Gasteiger partial charge in [0.1, 0.15) is 5.75 Å². The first-order valence-electron chi connectivity index (χ1n) is 3.88. The molecule has 0 bridgehead atoms. The maximum atomic E-state index is 10.6. The van der Waals surface area contributed by atoms with Crippen LogP contribution in [0.2, 0.25) is 0 Å². The summed E-state index contributed by atoms with van der Waals surface area (Å²) in [6.45, 7) is 3.55. The Kier molecular flexibility index (Phi) is 3.14. The molecule has 0 amide bonds. The molecule has 0 radical (unpaired) electrons. The third-order valence-corrected chi connectivity index (χ3v) is 1.70.